The van der Waals surface area contributed by atoms with Crippen molar-refractivity contribution in [3.8, 4) is 23.1 Å². The summed E-state index contributed by atoms with van der Waals surface area (Å²) < 4.78 is 5.41. The molecule has 0 radical (unpaired) electrons. The molecule has 1 amide bonds. The first-order valence-corrected chi connectivity index (χ1v) is 9.43. The van der Waals surface area contributed by atoms with E-state index in [9.17, 15) is 4.79 Å². The van der Waals surface area contributed by atoms with E-state index in [2.05, 4.69) is 39.9 Å². The molecule has 136 valence electrons. The van der Waals surface area contributed by atoms with E-state index in [0.29, 0.717) is 17.9 Å². The van der Waals surface area contributed by atoms with Crippen LogP contribution in [0.5, 0.6) is 5.75 Å². The monoisotopic (exact) mass is 377 g/mol. The van der Waals surface area contributed by atoms with Gasteiger partial charge in [0.05, 0.1) is 22.3 Å². The number of benzene rings is 2. The van der Waals surface area contributed by atoms with Crippen LogP contribution in [0.1, 0.15) is 16.1 Å². The quantitative estimate of drug-likeness (QED) is 0.681. The summed E-state index contributed by atoms with van der Waals surface area (Å²) in [6.45, 7) is 2.50. The van der Waals surface area contributed by atoms with Gasteiger partial charge in [0.2, 0.25) is 0 Å². The van der Waals surface area contributed by atoms with Crippen LogP contribution in [0.3, 0.4) is 0 Å². The fraction of sp³-hybridized carbons (Fsp3) is 0.190. The molecule has 0 aliphatic carbocycles. The predicted molar refractivity (Wildman–Crippen MR) is 106 cm³/mol. The minimum atomic E-state index is -0.172. The number of nitrogens with one attached hydrogen (secondary N) is 1. The standard InChI is InChI=1S/C21H19N3O2S/c1-15-24-20(14-27-15)18-6-2-16(3-7-18)10-11-23-21(25)13-26-19-8-4-17(12-22)5-9-19/h2-9,14H,10-11,13H2,1H3,(H,23,25). The molecule has 0 spiro atoms. The zero-order chi connectivity index (χ0) is 19.1. The Kier molecular flexibility index (Phi) is 6.18. The Morgan fingerprint density at radius 1 is 1.19 bits per heavy atom. The van der Waals surface area contributed by atoms with Crippen molar-refractivity contribution < 1.29 is 9.53 Å². The largest absolute Gasteiger partial charge is 0.484 e. The number of carbonyl (C=O) groups is 1. The highest BCUT2D eigenvalue weighted by molar-refractivity contribution is 7.09. The average Bonchev–Trinajstić information content (AvgIpc) is 3.13. The van der Waals surface area contributed by atoms with Crippen LogP contribution in [0.15, 0.2) is 53.9 Å². The maximum absolute atomic E-state index is 11.9. The second-order valence-electron chi connectivity index (χ2n) is 5.97. The van der Waals surface area contributed by atoms with Gasteiger partial charge >= 0.3 is 0 Å². The third-order valence-corrected chi connectivity index (χ3v) is 4.73. The van der Waals surface area contributed by atoms with Gasteiger partial charge in [-0.1, -0.05) is 24.3 Å². The third-order valence-electron chi connectivity index (χ3n) is 3.96. The summed E-state index contributed by atoms with van der Waals surface area (Å²) in [6, 6.07) is 16.9. The molecule has 0 saturated carbocycles. The number of aromatic nitrogens is 1. The molecule has 1 heterocycles. The van der Waals surface area contributed by atoms with Gasteiger partial charge in [-0.15, -0.1) is 11.3 Å². The molecule has 0 aliphatic heterocycles. The number of ether oxygens (including phenoxy) is 1. The smallest absolute Gasteiger partial charge is 0.257 e. The van der Waals surface area contributed by atoms with Crippen LogP contribution in [-0.2, 0) is 11.2 Å². The number of aryl methyl sites for hydroxylation is 1. The van der Waals surface area contributed by atoms with E-state index in [-0.39, 0.29) is 12.5 Å². The molecule has 6 heteroatoms. The number of hydrogen-bond acceptors (Lipinski definition) is 5. The van der Waals surface area contributed by atoms with Crippen LogP contribution < -0.4 is 10.1 Å². The maximum Gasteiger partial charge on any atom is 0.257 e. The molecular weight excluding hydrogens is 358 g/mol. The van der Waals surface area contributed by atoms with Gasteiger partial charge in [0.15, 0.2) is 6.61 Å². The number of thiazole rings is 1. The topological polar surface area (TPSA) is 75.0 Å². The molecule has 1 N–H and O–H groups in total. The molecule has 0 saturated heterocycles. The second kappa shape index (κ2) is 8.97. The van der Waals surface area contributed by atoms with E-state index in [0.717, 1.165) is 28.2 Å². The van der Waals surface area contributed by atoms with Crippen molar-refractivity contribution in [2.75, 3.05) is 13.2 Å². The zero-order valence-corrected chi connectivity index (χ0v) is 15.8. The lowest BCUT2D eigenvalue weighted by molar-refractivity contribution is -0.123. The molecular formula is C21H19N3O2S. The molecule has 2 aromatic carbocycles. The SMILES string of the molecule is Cc1nc(-c2ccc(CCNC(=O)COc3ccc(C#N)cc3)cc2)cs1. The Morgan fingerprint density at radius 3 is 2.56 bits per heavy atom. The molecule has 27 heavy (non-hydrogen) atoms. The Bertz CT molecular complexity index is 941. The Hall–Kier alpha value is -3.17. The first kappa shape index (κ1) is 18.6. The summed E-state index contributed by atoms with van der Waals surface area (Å²) in [7, 11) is 0. The van der Waals surface area contributed by atoms with E-state index in [1.54, 1.807) is 35.6 Å². The lowest BCUT2D eigenvalue weighted by Crippen LogP contribution is -2.30. The van der Waals surface area contributed by atoms with Gasteiger partial charge in [-0.3, -0.25) is 4.79 Å². The van der Waals surface area contributed by atoms with E-state index >= 15 is 0 Å². The van der Waals surface area contributed by atoms with Crippen molar-refractivity contribution in [3.05, 3.63) is 70.0 Å². The highest BCUT2D eigenvalue weighted by Gasteiger charge is 2.04. The first-order chi connectivity index (χ1) is 13.1. The summed E-state index contributed by atoms with van der Waals surface area (Å²) in [5.74, 6) is 0.394. The summed E-state index contributed by atoms with van der Waals surface area (Å²) in [5, 5.41) is 14.7. The Balaban J connectivity index is 1.41. The molecule has 0 bridgehead atoms. The number of amides is 1. The fourth-order valence-corrected chi connectivity index (χ4v) is 3.13. The summed E-state index contributed by atoms with van der Waals surface area (Å²) in [5.41, 5.74) is 3.81. The highest BCUT2D eigenvalue weighted by Crippen LogP contribution is 2.21. The number of nitrogens with zero attached hydrogens (tertiary/aromatic N) is 2. The van der Waals surface area contributed by atoms with Crippen LogP contribution in [-0.4, -0.2) is 24.0 Å². The molecule has 0 fully saturated rings. The van der Waals surface area contributed by atoms with Crippen molar-refractivity contribution in [1.29, 1.82) is 5.26 Å². The molecule has 0 atom stereocenters. The van der Waals surface area contributed by atoms with Crippen LogP contribution in [0, 0.1) is 18.3 Å². The molecule has 5 nitrogen and oxygen atoms in total. The average molecular weight is 377 g/mol. The van der Waals surface area contributed by atoms with Crippen molar-refractivity contribution in [2.24, 2.45) is 0 Å². The van der Waals surface area contributed by atoms with Gasteiger partial charge in [-0.25, -0.2) is 4.98 Å². The minimum absolute atomic E-state index is 0.0476. The lowest BCUT2D eigenvalue weighted by Gasteiger charge is -2.08. The van der Waals surface area contributed by atoms with E-state index in [1.165, 1.54) is 0 Å². The van der Waals surface area contributed by atoms with Crippen molar-refractivity contribution in [2.45, 2.75) is 13.3 Å². The van der Waals surface area contributed by atoms with Gasteiger partial charge in [-0.2, -0.15) is 5.26 Å². The van der Waals surface area contributed by atoms with Crippen LogP contribution >= 0.6 is 11.3 Å². The number of rotatable bonds is 7. The molecule has 3 aromatic rings. The van der Waals surface area contributed by atoms with Crippen LogP contribution in [0.2, 0.25) is 0 Å². The number of hydrogen-bond donors (Lipinski definition) is 1. The first-order valence-electron chi connectivity index (χ1n) is 8.55. The Labute approximate surface area is 162 Å². The van der Waals surface area contributed by atoms with Crippen molar-refractivity contribution >= 4 is 17.2 Å². The van der Waals surface area contributed by atoms with Crippen molar-refractivity contribution in [1.82, 2.24) is 10.3 Å². The zero-order valence-electron chi connectivity index (χ0n) is 14.9. The van der Waals surface area contributed by atoms with E-state index in [4.69, 9.17) is 10.00 Å². The molecule has 1 aromatic heterocycles. The van der Waals surface area contributed by atoms with Gasteiger partial charge in [0, 0.05) is 17.5 Å². The third kappa shape index (κ3) is 5.40. The maximum atomic E-state index is 11.9. The van der Waals surface area contributed by atoms with Crippen molar-refractivity contribution in [3.63, 3.8) is 0 Å². The minimum Gasteiger partial charge on any atom is -0.484 e. The molecule has 0 unspecified atom stereocenters. The highest BCUT2D eigenvalue weighted by atomic mass is 32.1. The number of nitriles is 1. The number of carbonyl (C=O) groups excluding carboxylic acids is 1. The van der Waals surface area contributed by atoms with Gasteiger partial charge in [-0.05, 0) is 43.2 Å². The second-order valence-corrected chi connectivity index (χ2v) is 7.04. The normalized spacial score (nSPS) is 10.2. The lowest BCUT2D eigenvalue weighted by atomic mass is 10.1. The van der Waals surface area contributed by atoms with Gasteiger partial charge < -0.3 is 10.1 Å². The fourth-order valence-electron chi connectivity index (χ4n) is 2.51. The van der Waals surface area contributed by atoms with E-state index < -0.39 is 0 Å². The summed E-state index contributed by atoms with van der Waals surface area (Å²) in [6.07, 6.45) is 0.749. The molecule has 0 aliphatic rings. The van der Waals surface area contributed by atoms with Gasteiger partial charge in [0.25, 0.3) is 5.91 Å². The van der Waals surface area contributed by atoms with Crippen LogP contribution in [0.25, 0.3) is 11.3 Å². The summed E-state index contributed by atoms with van der Waals surface area (Å²) >= 11 is 1.64. The molecule has 3 rings (SSSR count). The summed E-state index contributed by atoms with van der Waals surface area (Å²) in [4.78, 5) is 16.4. The Morgan fingerprint density at radius 2 is 1.93 bits per heavy atom. The van der Waals surface area contributed by atoms with Crippen LogP contribution in [0.4, 0.5) is 0 Å². The predicted octanol–water partition coefficient (Wildman–Crippen LogP) is 3.73. The van der Waals surface area contributed by atoms with E-state index in [1.807, 2.05) is 13.0 Å². The van der Waals surface area contributed by atoms with Gasteiger partial charge in [0.1, 0.15) is 5.75 Å².